The third kappa shape index (κ3) is 4.94. The molecule has 0 saturated carbocycles. The minimum atomic E-state index is -0.677. The van der Waals surface area contributed by atoms with E-state index in [1.54, 1.807) is 4.90 Å². The maximum absolute atomic E-state index is 13.3. The fourth-order valence-corrected chi connectivity index (χ4v) is 4.44. The molecule has 2 atom stereocenters. The van der Waals surface area contributed by atoms with Gasteiger partial charge in [0, 0.05) is 25.2 Å². The second-order valence-corrected chi connectivity index (χ2v) is 9.73. The number of H-pyrrole nitrogens is 1. The van der Waals surface area contributed by atoms with Crippen molar-refractivity contribution in [1.82, 2.24) is 24.9 Å². The predicted molar refractivity (Wildman–Crippen MR) is 127 cm³/mol. The van der Waals surface area contributed by atoms with Gasteiger partial charge >= 0.3 is 6.09 Å². The molecule has 1 aromatic heterocycles. The zero-order chi connectivity index (χ0) is 24.5. The first-order valence-electron chi connectivity index (χ1n) is 11.5. The molecular weight excluding hydrogens is 436 g/mol. The smallest absolute Gasteiger partial charge is 0.411 e. The summed E-state index contributed by atoms with van der Waals surface area (Å²) in [5.41, 5.74) is 1.82. The maximum atomic E-state index is 13.3. The summed E-state index contributed by atoms with van der Waals surface area (Å²) in [5, 5.41) is 10.2. The SMILES string of the molecule is CN(C)C[C@@H](OC(=O)N1Cc2c(NC(=O)C3CN(C)CCO3)n[nH]c2C1(C)C)c1ccccc1. The topological polar surface area (TPSA) is 103 Å². The van der Waals surface area contributed by atoms with Crippen LogP contribution in [0.5, 0.6) is 0 Å². The molecule has 2 amide bonds. The Bertz CT molecular complexity index is 1020. The third-order valence-corrected chi connectivity index (χ3v) is 6.44. The molecule has 2 aromatic rings. The highest BCUT2D eigenvalue weighted by Gasteiger charge is 2.45. The van der Waals surface area contributed by atoms with Crippen LogP contribution in [-0.4, -0.2) is 90.4 Å². The molecule has 1 fully saturated rings. The lowest BCUT2D eigenvalue weighted by atomic mass is 10.0. The maximum Gasteiger partial charge on any atom is 0.411 e. The van der Waals surface area contributed by atoms with Gasteiger partial charge < -0.3 is 24.6 Å². The van der Waals surface area contributed by atoms with Crippen molar-refractivity contribution in [3.05, 3.63) is 47.2 Å². The van der Waals surface area contributed by atoms with Gasteiger partial charge in [0.25, 0.3) is 5.91 Å². The summed E-state index contributed by atoms with van der Waals surface area (Å²) in [6.45, 7) is 6.55. The summed E-state index contributed by atoms with van der Waals surface area (Å²) in [6, 6.07) is 9.73. The number of carbonyl (C=O) groups is 2. The molecule has 2 aliphatic heterocycles. The number of morpholine rings is 1. The highest BCUT2D eigenvalue weighted by atomic mass is 16.6. The highest BCUT2D eigenvalue weighted by molar-refractivity contribution is 5.94. The molecule has 0 bridgehead atoms. The van der Waals surface area contributed by atoms with Crippen molar-refractivity contribution in [1.29, 1.82) is 0 Å². The predicted octanol–water partition coefficient (Wildman–Crippen LogP) is 2.17. The number of nitrogens with zero attached hydrogens (tertiary/aromatic N) is 4. The molecule has 2 N–H and O–H groups in total. The van der Waals surface area contributed by atoms with Gasteiger partial charge in [0.15, 0.2) is 5.82 Å². The highest BCUT2D eigenvalue weighted by Crippen LogP contribution is 2.41. The summed E-state index contributed by atoms with van der Waals surface area (Å²) in [7, 11) is 5.85. The first-order chi connectivity index (χ1) is 16.2. The Labute approximate surface area is 200 Å². The van der Waals surface area contributed by atoms with Crippen molar-refractivity contribution in [2.45, 2.75) is 38.1 Å². The number of amides is 2. The van der Waals surface area contributed by atoms with E-state index in [1.807, 2.05) is 70.2 Å². The van der Waals surface area contributed by atoms with E-state index in [2.05, 4.69) is 20.4 Å². The van der Waals surface area contributed by atoms with Crippen LogP contribution in [0.15, 0.2) is 30.3 Å². The Morgan fingerprint density at radius 1 is 1.32 bits per heavy atom. The molecule has 3 heterocycles. The van der Waals surface area contributed by atoms with Crippen molar-refractivity contribution in [2.75, 3.05) is 52.7 Å². The summed E-state index contributed by atoms with van der Waals surface area (Å²) in [5.74, 6) is 0.183. The van der Waals surface area contributed by atoms with Gasteiger partial charge in [-0.3, -0.25) is 14.8 Å². The van der Waals surface area contributed by atoms with Gasteiger partial charge in [-0.1, -0.05) is 30.3 Å². The van der Waals surface area contributed by atoms with Gasteiger partial charge in [0.05, 0.1) is 24.4 Å². The van der Waals surface area contributed by atoms with Crippen molar-refractivity contribution < 1.29 is 19.1 Å². The van der Waals surface area contributed by atoms with Gasteiger partial charge in [-0.15, -0.1) is 0 Å². The van der Waals surface area contributed by atoms with E-state index < -0.39 is 23.8 Å². The Balaban J connectivity index is 1.48. The van der Waals surface area contributed by atoms with Gasteiger partial charge in [0.2, 0.25) is 0 Å². The summed E-state index contributed by atoms with van der Waals surface area (Å²) in [4.78, 5) is 31.8. The third-order valence-electron chi connectivity index (χ3n) is 6.44. The summed E-state index contributed by atoms with van der Waals surface area (Å²) < 4.78 is 11.6. The standard InChI is InChI=1S/C24H34N6O4/c1-24(2)20-17(21(27-26-20)25-22(31)19-15-29(5)11-12-33-19)13-30(24)23(32)34-18(14-28(3)4)16-9-7-6-8-10-16/h6-10,18-19H,11-15H2,1-5H3,(H2,25,26,27,31)/t18-,19?/m1/s1. The number of carbonyl (C=O) groups excluding carboxylic acids is 2. The van der Waals surface area contributed by atoms with E-state index in [0.717, 1.165) is 23.4 Å². The minimum Gasteiger partial charge on any atom is -0.440 e. The summed E-state index contributed by atoms with van der Waals surface area (Å²) >= 11 is 0. The lowest BCUT2D eigenvalue weighted by Gasteiger charge is -2.33. The molecule has 4 rings (SSSR count). The van der Waals surface area contributed by atoms with E-state index >= 15 is 0 Å². The number of fused-ring (bicyclic) bond motifs is 1. The largest absolute Gasteiger partial charge is 0.440 e. The molecule has 10 nitrogen and oxygen atoms in total. The average molecular weight is 471 g/mol. The van der Waals surface area contributed by atoms with Crippen molar-refractivity contribution >= 4 is 17.8 Å². The van der Waals surface area contributed by atoms with Crippen LogP contribution in [0.25, 0.3) is 0 Å². The molecule has 1 aromatic carbocycles. The van der Waals surface area contributed by atoms with E-state index in [4.69, 9.17) is 9.47 Å². The number of hydrogen-bond donors (Lipinski definition) is 2. The molecule has 1 unspecified atom stereocenters. The quantitative estimate of drug-likeness (QED) is 0.667. The molecule has 10 heteroatoms. The second kappa shape index (κ2) is 9.73. The van der Waals surface area contributed by atoms with E-state index in [1.165, 1.54) is 0 Å². The van der Waals surface area contributed by atoms with Crippen molar-refractivity contribution in [3.63, 3.8) is 0 Å². The number of rotatable bonds is 6. The van der Waals surface area contributed by atoms with Gasteiger partial charge in [0.1, 0.15) is 12.2 Å². The number of hydrogen-bond acceptors (Lipinski definition) is 7. The van der Waals surface area contributed by atoms with Crippen LogP contribution in [0, 0.1) is 0 Å². The van der Waals surface area contributed by atoms with Gasteiger partial charge in [-0.2, -0.15) is 5.10 Å². The van der Waals surface area contributed by atoms with Gasteiger partial charge in [-0.05, 0) is 40.6 Å². The number of likely N-dealkylation sites (N-methyl/N-ethyl adjacent to an activating group) is 2. The van der Waals surface area contributed by atoms with Gasteiger partial charge in [-0.25, -0.2) is 4.79 Å². The number of benzene rings is 1. The van der Waals surface area contributed by atoms with Crippen molar-refractivity contribution in [3.8, 4) is 0 Å². The van der Waals surface area contributed by atoms with Crippen LogP contribution in [0.3, 0.4) is 0 Å². The normalized spacial score (nSPS) is 20.8. The molecule has 1 saturated heterocycles. The first-order valence-corrected chi connectivity index (χ1v) is 11.5. The van der Waals surface area contributed by atoms with E-state index in [-0.39, 0.29) is 12.5 Å². The van der Waals surface area contributed by atoms with Crippen LogP contribution >= 0.6 is 0 Å². The molecule has 34 heavy (non-hydrogen) atoms. The average Bonchev–Trinajstić information content (AvgIpc) is 3.31. The van der Waals surface area contributed by atoms with E-state index in [9.17, 15) is 9.59 Å². The fraction of sp³-hybridized carbons (Fsp3) is 0.542. The molecule has 0 aliphatic carbocycles. The van der Waals surface area contributed by atoms with Crippen LogP contribution < -0.4 is 5.32 Å². The lowest BCUT2D eigenvalue weighted by molar-refractivity contribution is -0.132. The number of nitrogens with one attached hydrogen (secondary N) is 2. The molecule has 0 spiro atoms. The number of aromatic nitrogens is 2. The van der Waals surface area contributed by atoms with E-state index in [0.29, 0.717) is 25.5 Å². The van der Waals surface area contributed by atoms with Crippen LogP contribution in [0.2, 0.25) is 0 Å². The lowest BCUT2D eigenvalue weighted by Crippen LogP contribution is -2.46. The monoisotopic (exact) mass is 470 g/mol. The Hall–Kier alpha value is -2.95. The molecule has 0 radical (unpaired) electrons. The number of ether oxygens (including phenoxy) is 2. The number of aromatic amines is 1. The molecular formula is C24H34N6O4. The van der Waals surface area contributed by atoms with Crippen LogP contribution in [0.1, 0.15) is 36.8 Å². The molecule has 2 aliphatic rings. The Morgan fingerprint density at radius 2 is 2.06 bits per heavy atom. The minimum absolute atomic E-state index is 0.241. The molecule has 184 valence electrons. The van der Waals surface area contributed by atoms with Crippen LogP contribution in [-0.2, 0) is 26.4 Å². The Morgan fingerprint density at radius 3 is 2.74 bits per heavy atom. The fourth-order valence-electron chi connectivity index (χ4n) is 4.44. The Kier molecular flexibility index (Phi) is 6.92. The summed E-state index contributed by atoms with van der Waals surface area (Å²) in [6.07, 6.45) is -1.38. The zero-order valence-corrected chi connectivity index (χ0v) is 20.5. The number of anilines is 1. The first kappa shape index (κ1) is 24.2. The zero-order valence-electron chi connectivity index (χ0n) is 20.5. The van der Waals surface area contributed by atoms with Crippen LogP contribution in [0.4, 0.5) is 10.6 Å². The second-order valence-electron chi connectivity index (χ2n) is 9.73. The van der Waals surface area contributed by atoms with Crippen molar-refractivity contribution in [2.24, 2.45) is 0 Å².